The zero-order valence-corrected chi connectivity index (χ0v) is 17.6. The number of aryl methyl sites for hydroxylation is 1. The second-order valence-electron chi connectivity index (χ2n) is 7.90. The first-order valence-corrected chi connectivity index (χ1v) is 10.3. The van der Waals surface area contributed by atoms with Gasteiger partial charge in [0.05, 0.1) is 18.2 Å². The number of benzene rings is 2. The molecule has 2 aromatic carbocycles. The predicted molar refractivity (Wildman–Crippen MR) is 112 cm³/mol. The molecule has 1 heterocycles. The number of nitrogens with zero attached hydrogens (tertiary/aromatic N) is 1. The molecule has 3 rings (SSSR count). The molecule has 2 N–H and O–H groups in total. The van der Waals surface area contributed by atoms with Crippen molar-refractivity contribution in [3.63, 3.8) is 0 Å². The molecule has 0 spiro atoms. The number of anilines is 1. The first-order valence-electron chi connectivity index (χ1n) is 10.3. The Hall–Kier alpha value is -3.03. The Morgan fingerprint density at radius 1 is 1.13 bits per heavy atom. The number of carbonyl (C=O) groups excluding carboxylic acids is 2. The highest BCUT2D eigenvalue weighted by atomic mass is 19.1. The Bertz CT molecular complexity index is 947. The van der Waals surface area contributed by atoms with Crippen LogP contribution in [0.2, 0.25) is 0 Å². The molecule has 0 radical (unpaired) electrons. The molecule has 2 atom stereocenters. The van der Waals surface area contributed by atoms with Gasteiger partial charge in [0.15, 0.2) is 0 Å². The van der Waals surface area contributed by atoms with Gasteiger partial charge in [-0.3, -0.25) is 9.59 Å². The van der Waals surface area contributed by atoms with E-state index in [2.05, 4.69) is 10.6 Å². The number of hydrogen-bond acceptors (Lipinski definition) is 3. The van der Waals surface area contributed by atoms with Gasteiger partial charge in [0.2, 0.25) is 11.8 Å². The van der Waals surface area contributed by atoms with E-state index in [1.54, 1.807) is 12.1 Å². The minimum atomic E-state index is -1.13. The minimum absolute atomic E-state index is 0.246. The standard InChI is InChI=1S/C23H26F3N3O2/c1-14-8-9-17(24)21(11-14)29-10-4-5-16(13-29)28-22(31)12-20(27-15(2)30)23-18(25)6-3-7-19(23)26/h3,6-9,11,16,20H,4-5,10,12-13H2,1-2H3,(H,27,30)(H,28,31). The summed E-state index contributed by atoms with van der Waals surface area (Å²) in [6, 6.07) is 6.91. The van der Waals surface area contributed by atoms with Crippen molar-refractivity contribution in [2.75, 3.05) is 18.0 Å². The highest BCUT2D eigenvalue weighted by Crippen LogP contribution is 2.26. The molecule has 166 valence electrons. The van der Waals surface area contributed by atoms with Crippen molar-refractivity contribution in [2.45, 2.75) is 45.2 Å². The van der Waals surface area contributed by atoms with Gasteiger partial charge in [-0.1, -0.05) is 12.1 Å². The monoisotopic (exact) mass is 433 g/mol. The van der Waals surface area contributed by atoms with Crippen LogP contribution in [0, 0.1) is 24.4 Å². The van der Waals surface area contributed by atoms with Gasteiger partial charge < -0.3 is 15.5 Å². The predicted octanol–water partition coefficient (Wildman–Crippen LogP) is 3.76. The second-order valence-corrected chi connectivity index (χ2v) is 7.90. The maximum absolute atomic E-state index is 14.3. The average Bonchev–Trinajstić information content (AvgIpc) is 2.69. The zero-order chi connectivity index (χ0) is 22.5. The van der Waals surface area contributed by atoms with E-state index in [0.29, 0.717) is 25.2 Å². The van der Waals surface area contributed by atoms with Crippen molar-refractivity contribution in [2.24, 2.45) is 0 Å². The average molecular weight is 433 g/mol. The van der Waals surface area contributed by atoms with E-state index in [-0.39, 0.29) is 23.8 Å². The largest absolute Gasteiger partial charge is 0.367 e. The smallest absolute Gasteiger partial charge is 0.222 e. The summed E-state index contributed by atoms with van der Waals surface area (Å²) < 4.78 is 42.7. The van der Waals surface area contributed by atoms with E-state index in [4.69, 9.17) is 0 Å². The number of halogens is 3. The molecule has 2 aromatic rings. The second kappa shape index (κ2) is 9.85. The summed E-state index contributed by atoms with van der Waals surface area (Å²) in [6.45, 7) is 4.20. The molecular weight excluding hydrogens is 407 g/mol. The summed E-state index contributed by atoms with van der Waals surface area (Å²) in [5, 5.41) is 5.32. The van der Waals surface area contributed by atoms with Gasteiger partial charge in [0, 0.05) is 31.6 Å². The van der Waals surface area contributed by atoms with Crippen molar-refractivity contribution >= 4 is 17.5 Å². The molecule has 2 amide bonds. The molecule has 31 heavy (non-hydrogen) atoms. The molecule has 0 saturated carbocycles. The Balaban J connectivity index is 1.69. The molecule has 8 heteroatoms. The number of hydrogen-bond donors (Lipinski definition) is 2. The summed E-state index contributed by atoms with van der Waals surface area (Å²) in [5.41, 5.74) is 1.08. The zero-order valence-electron chi connectivity index (χ0n) is 17.6. The first-order chi connectivity index (χ1) is 14.7. The first kappa shape index (κ1) is 22.7. The minimum Gasteiger partial charge on any atom is -0.367 e. The SMILES string of the molecule is CC(=O)NC(CC(=O)NC1CCCN(c2cc(C)ccc2F)C1)c1c(F)cccc1F. The van der Waals surface area contributed by atoms with E-state index in [1.165, 1.54) is 19.1 Å². The lowest BCUT2D eigenvalue weighted by molar-refractivity contribution is -0.123. The normalized spacial score (nSPS) is 17.2. The number of piperidine rings is 1. The van der Waals surface area contributed by atoms with Gasteiger partial charge in [-0.05, 0) is 49.6 Å². The molecule has 0 aliphatic carbocycles. The Labute approximate surface area is 179 Å². The number of rotatable bonds is 6. The molecule has 1 aliphatic rings. The van der Waals surface area contributed by atoms with Gasteiger partial charge in [-0.2, -0.15) is 0 Å². The highest BCUT2D eigenvalue weighted by Gasteiger charge is 2.27. The van der Waals surface area contributed by atoms with Crippen molar-refractivity contribution in [3.8, 4) is 0 Å². The third kappa shape index (κ3) is 5.77. The van der Waals surface area contributed by atoms with Crippen LogP contribution in [0.5, 0.6) is 0 Å². The fourth-order valence-electron chi connectivity index (χ4n) is 3.97. The summed E-state index contributed by atoms with van der Waals surface area (Å²) in [5.74, 6) is -2.92. The van der Waals surface area contributed by atoms with Crippen LogP contribution < -0.4 is 15.5 Å². The Morgan fingerprint density at radius 3 is 2.52 bits per heavy atom. The third-order valence-electron chi connectivity index (χ3n) is 5.34. The van der Waals surface area contributed by atoms with Crippen molar-refractivity contribution in [1.29, 1.82) is 0 Å². The van der Waals surface area contributed by atoms with Crippen LogP contribution >= 0.6 is 0 Å². The van der Waals surface area contributed by atoms with Crippen LogP contribution in [0.25, 0.3) is 0 Å². The fraction of sp³-hybridized carbons (Fsp3) is 0.391. The highest BCUT2D eigenvalue weighted by molar-refractivity contribution is 5.79. The van der Waals surface area contributed by atoms with E-state index >= 15 is 0 Å². The maximum atomic E-state index is 14.3. The quantitative estimate of drug-likeness (QED) is 0.729. The molecule has 0 aromatic heterocycles. The van der Waals surface area contributed by atoms with E-state index in [9.17, 15) is 22.8 Å². The number of amides is 2. The summed E-state index contributed by atoms with van der Waals surface area (Å²) in [6.07, 6.45) is 1.15. The molecule has 1 saturated heterocycles. The lowest BCUT2D eigenvalue weighted by Crippen LogP contribution is -2.48. The van der Waals surface area contributed by atoms with Gasteiger partial charge in [-0.15, -0.1) is 0 Å². The van der Waals surface area contributed by atoms with Crippen LogP contribution in [0.15, 0.2) is 36.4 Å². The molecule has 1 fully saturated rings. The van der Waals surface area contributed by atoms with E-state index in [1.807, 2.05) is 11.8 Å². The van der Waals surface area contributed by atoms with Crippen molar-refractivity contribution in [3.05, 3.63) is 65.0 Å². The summed E-state index contributed by atoms with van der Waals surface area (Å²) in [4.78, 5) is 26.1. The van der Waals surface area contributed by atoms with Gasteiger partial charge in [0.1, 0.15) is 17.5 Å². The molecule has 2 unspecified atom stereocenters. The van der Waals surface area contributed by atoms with Gasteiger partial charge >= 0.3 is 0 Å². The molecule has 5 nitrogen and oxygen atoms in total. The van der Waals surface area contributed by atoms with Crippen molar-refractivity contribution in [1.82, 2.24) is 10.6 Å². The topological polar surface area (TPSA) is 61.4 Å². The number of nitrogens with one attached hydrogen (secondary N) is 2. The molecule has 0 bridgehead atoms. The Kier molecular flexibility index (Phi) is 7.20. The van der Waals surface area contributed by atoms with Gasteiger partial charge in [-0.25, -0.2) is 13.2 Å². The number of carbonyl (C=O) groups is 2. The third-order valence-corrected chi connectivity index (χ3v) is 5.34. The van der Waals surface area contributed by atoms with Gasteiger partial charge in [0.25, 0.3) is 0 Å². The maximum Gasteiger partial charge on any atom is 0.222 e. The molecule has 1 aliphatic heterocycles. The van der Waals surface area contributed by atoms with E-state index in [0.717, 1.165) is 24.1 Å². The summed E-state index contributed by atoms with van der Waals surface area (Å²) >= 11 is 0. The van der Waals surface area contributed by atoms with Crippen molar-refractivity contribution < 1.29 is 22.8 Å². The lowest BCUT2D eigenvalue weighted by atomic mass is 10.00. The fourth-order valence-corrected chi connectivity index (χ4v) is 3.97. The van der Waals surface area contributed by atoms with Crippen LogP contribution in [0.4, 0.5) is 18.9 Å². The van der Waals surface area contributed by atoms with Crippen LogP contribution in [0.1, 0.15) is 43.4 Å². The van der Waals surface area contributed by atoms with Crippen LogP contribution in [0.3, 0.4) is 0 Å². The van der Waals surface area contributed by atoms with Crippen LogP contribution in [-0.2, 0) is 9.59 Å². The Morgan fingerprint density at radius 2 is 1.84 bits per heavy atom. The van der Waals surface area contributed by atoms with Crippen LogP contribution in [-0.4, -0.2) is 30.9 Å². The molecular formula is C23H26F3N3O2. The summed E-state index contributed by atoms with van der Waals surface area (Å²) in [7, 11) is 0. The van der Waals surface area contributed by atoms with E-state index < -0.39 is 29.5 Å². The lowest BCUT2D eigenvalue weighted by Gasteiger charge is -2.35.